The number of benzene rings is 1. The monoisotopic (exact) mass is 488 g/mol. The summed E-state index contributed by atoms with van der Waals surface area (Å²) in [6.45, 7) is 3.25. The van der Waals surface area contributed by atoms with E-state index in [1.165, 1.54) is 12.1 Å². The molecule has 1 aromatic carbocycles. The van der Waals surface area contributed by atoms with Crippen LogP contribution in [0.4, 0.5) is 13.2 Å². The minimum atomic E-state index is -4.51. The largest absolute Gasteiger partial charge is 0.418 e. The van der Waals surface area contributed by atoms with Gasteiger partial charge in [0, 0.05) is 50.5 Å². The number of aromatic nitrogens is 3. The third kappa shape index (κ3) is 5.55. The van der Waals surface area contributed by atoms with Gasteiger partial charge >= 0.3 is 6.18 Å². The number of hydrogen-bond donors (Lipinski definition) is 1. The number of alkyl halides is 3. The van der Waals surface area contributed by atoms with Gasteiger partial charge in [-0.2, -0.15) is 13.2 Å². The summed E-state index contributed by atoms with van der Waals surface area (Å²) >= 11 is 0. The third-order valence-corrected chi connectivity index (χ3v) is 6.74. The number of nitrogens with zero attached hydrogens (tertiary/aromatic N) is 3. The molecule has 2 fully saturated rings. The van der Waals surface area contributed by atoms with Gasteiger partial charge in [-0.1, -0.05) is 12.1 Å². The summed E-state index contributed by atoms with van der Waals surface area (Å²) in [4.78, 5) is 26.4. The van der Waals surface area contributed by atoms with Gasteiger partial charge in [0.2, 0.25) is 0 Å². The number of rotatable bonds is 8. The van der Waals surface area contributed by atoms with Crippen molar-refractivity contribution in [3.05, 3.63) is 59.7 Å². The summed E-state index contributed by atoms with van der Waals surface area (Å²) in [7, 11) is 0. The summed E-state index contributed by atoms with van der Waals surface area (Å²) in [6.07, 6.45) is -0.00275. The number of carbonyl (C=O) groups is 1. The molecular formula is C25H27F3N4O3. The van der Waals surface area contributed by atoms with E-state index in [-0.39, 0.29) is 47.5 Å². The molecule has 3 atom stereocenters. The highest BCUT2D eigenvalue weighted by molar-refractivity contribution is 5.83. The maximum atomic E-state index is 13.3. The first-order valence-electron chi connectivity index (χ1n) is 11.8. The van der Waals surface area contributed by atoms with Crippen molar-refractivity contribution in [2.24, 2.45) is 5.92 Å². The molecule has 4 heterocycles. The molecule has 2 saturated heterocycles. The number of halogens is 3. The fourth-order valence-corrected chi connectivity index (χ4v) is 5.00. The second kappa shape index (κ2) is 10.0. The normalized spacial score (nSPS) is 23.3. The number of imidazole rings is 1. The average molecular weight is 489 g/mol. The van der Waals surface area contributed by atoms with Crippen LogP contribution < -0.4 is 0 Å². The molecule has 5 rings (SSSR count). The Morgan fingerprint density at radius 2 is 2.11 bits per heavy atom. The van der Waals surface area contributed by atoms with E-state index in [0.717, 1.165) is 31.2 Å². The number of Topliss-reactive ketones (excluding diaryl/α,β-unsaturated/α-hetero) is 1. The topological polar surface area (TPSA) is 80.3 Å². The quantitative estimate of drug-likeness (QED) is 0.520. The summed E-state index contributed by atoms with van der Waals surface area (Å²) in [5.74, 6) is 0.144. The minimum Gasteiger partial charge on any atom is -0.380 e. The summed E-state index contributed by atoms with van der Waals surface area (Å²) in [6, 6.07) is 7.98. The van der Waals surface area contributed by atoms with Crippen molar-refractivity contribution >= 4 is 16.8 Å². The van der Waals surface area contributed by atoms with E-state index in [2.05, 4.69) is 19.9 Å². The molecule has 0 radical (unpaired) electrons. The zero-order valence-electron chi connectivity index (χ0n) is 19.1. The molecule has 0 bridgehead atoms. The predicted octanol–water partition coefficient (Wildman–Crippen LogP) is 3.78. The number of likely N-dealkylation sites (tertiary alicyclic amines) is 1. The number of pyridine rings is 1. The third-order valence-electron chi connectivity index (χ3n) is 6.74. The molecule has 0 spiro atoms. The van der Waals surface area contributed by atoms with E-state index in [9.17, 15) is 18.0 Å². The molecule has 2 aliphatic rings. The van der Waals surface area contributed by atoms with Crippen molar-refractivity contribution in [1.82, 2.24) is 19.9 Å². The van der Waals surface area contributed by atoms with Crippen LogP contribution >= 0.6 is 0 Å². The molecule has 2 unspecified atom stereocenters. The van der Waals surface area contributed by atoms with Crippen molar-refractivity contribution in [2.75, 3.05) is 26.3 Å². The second-order valence-corrected chi connectivity index (χ2v) is 9.24. The lowest BCUT2D eigenvalue weighted by molar-refractivity contribution is -0.136. The first kappa shape index (κ1) is 23.9. The Balaban J connectivity index is 1.26. The number of aromatic amines is 1. The number of fused-ring (bicyclic) bond motifs is 1. The van der Waals surface area contributed by atoms with Gasteiger partial charge in [0.1, 0.15) is 17.1 Å². The van der Waals surface area contributed by atoms with Gasteiger partial charge in [0.05, 0.1) is 36.8 Å². The van der Waals surface area contributed by atoms with Crippen LogP contribution in [0.15, 0.2) is 42.7 Å². The number of ether oxygens (including phenoxy) is 2. The zero-order chi connectivity index (χ0) is 24.4. The van der Waals surface area contributed by atoms with E-state index in [0.29, 0.717) is 25.8 Å². The Kier molecular flexibility index (Phi) is 6.86. The molecule has 10 heteroatoms. The molecule has 1 N–H and O–H groups in total. The van der Waals surface area contributed by atoms with Crippen LogP contribution in [-0.4, -0.2) is 64.1 Å². The van der Waals surface area contributed by atoms with E-state index in [4.69, 9.17) is 9.47 Å². The summed E-state index contributed by atoms with van der Waals surface area (Å²) in [5, 5.41) is 0. The Hall–Kier alpha value is -2.82. The first-order valence-corrected chi connectivity index (χ1v) is 11.8. The van der Waals surface area contributed by atoms with Gasteiger partial charge in [0.15, 0.2) is 0 Å². The zero-order valence-corrected chi connectivity index (χ0v) is 19.1. The summed E-state index contributed by atoms with van der Waals surface area (Å²) < 4.78 is 51.7. The van der Waals surface area contributed by atoms with E-state index < -0.39 is 11.7 Å². The van der Waals surface area contributed by atoms with Crippen LogP contribution in [0.3, 0.4) is 0 Å². The minimum absolute atomic E-state index is 0.0186. The Morgan fingerprint density at radius 1 is 1.23 bits per heavy atom. The highest BCUT2D eigenvalue weighted by Crippen LogP contribution is 2.34. The van der Waals surface area contributed by atoms with Crippen molar-refractivity contribution < 1.29 is 27.4 Å². The first-order chi connectivity index (χ1) is 16.9. The van der Waals surface area contributed by atoms with Crippen LogP contribution in [0, 0.1) is 5.92 Å². The maximum absolute atomic E-state index is 13.3. The molecule has 0 saturated carbocycles. The van der Waals surface area contributed by atoms with Crippen LogP contribution in [0.1, 0.15) is 29.8 Å². The SMILES string of the molecule is O=C(Cc1nc2c(C(F)(F)F)cccc2[nH]1)CC1CN(C2CCOC2)C[C@@H]1OCc1cccnc1. The molecule has 35 heavy (non-hydrogen) atoms. The standard InChI is InChI=1S/C25H27F3N4O3/c26-25(27,28)20-4-1-5-21-24(20)31-23(30-21)10-19(33)9-17-12-32(18-6-8-34-15-18)13-22(17)35-14-16-3-2-7-29-11-16/h1-5,7,11,17-18,22H,6,8-10,12-15H2,(H,30,31)/t17?,18?,22-/m0/s1. The van der Waals surface area contributed by atoms with Crippen LogP contribution in [0.2, 0.25) is 0 Å². The van der Waals surface area contributed by atoms with Gasteiger partial charge in [-0.05, 0) is 30.2 Å². The highest BCUT2D eigenvalue weighted by atomic mass is 19.4. The van der Waals surface area contributed by atoms with Crippen LogP contribution in [0.5, 0.6) is 0 Å². The highest BCUT2D eigenvalue weighted by Gasteiger charge is 2.39. The van der Waals surface area contributed by atoms with E-state index in [1.54, 1.807) is 12.4 Å². The number of H-pyrrole nitrogens is 1. The lowest BCUT2D eigenvalue weighted by Gasteiger charge is -2.22. The van der Waals surface area contributed by atoms with Gasteiger partial charge in [-0.15, -0.1) is 0 Å². The van der Waals surface area contributed by atoms with Gasteiger partial charge in [0.25, 0.3) is 0 Å². The van der Waals surface area contributed by atoms with E-state index in [1.807, 2.05) is 12.1 Å². The number of ketones is 1. The molecule has 3 aromatic rings. The van der Waals surface area contributed by atoms with Gasteiger partial charge in [-0.3, -0.25) is 14.7 Å². The molecular weight excluding hydrogens is 461 g/mol. The molecule has 0 amide bonds. The average Bonchev–Trinajstić information content (AvgIpc) is 3.57. The lowest BCUT2D eigenvalue weighted by Crippen LogP contribution is -2.34. The fraction of sp³-hybridized carbons (Fsp3) is 0.480. The van der Waals surface area contributed by atoms with E-state index >= 15 is 0 Å². The fourth-order valence-electron chi connectivity index (χ4n) is 5.00. The Morgan fingerprint density at radius 3 is 2.86 bits per heavy atom. The lowest BCUT2D eigenvalue weighted by atomic mass is 9.97. The van der Waals surface area contributed by atoms with Crippen LogP contribution in [0.25, 0.3) is 11.0 Å². The summed E-state index contributed by atoms with van der Waals surface area (Å²) in [5.41, 5.74) is 0.268. The Labute approximate surface area is 200 Å². The number of hydrogen-bond acceptors (Lipinski definition) is 6. The van der Waals surface area contributed by atoms with Crippen LogP contribution in [-0.2, 0) is 33.5 Å². The molecule has 2 aliphatic heterocycles. The number of para-hydroxylation sites is 1. The number of nitrogens with one attached hydrogen (secondary N) is 1. The Bertz CT molecular complexity index is 1160. The number of carbonyl (C=O) groups excluding carboxylic acids is 1. The smallest absolute Gasteiger partial charge is 0.380 e. The maximum Gasteiger partial charge on any atom is 0.418 e. The van der Waals surface area contributed by atoms with Crippen molar-refractivity contribution in [3.8, 4) is 0 Å². The molecule has 2 aromatic heterocycles. The molecule has 0 aliphatic carbocycles. The van der Waals surface area contributed by atoms with Gasteiger partial charge < -0.3 is 14.5 Å². The molecule has 7 nitrogen and oxygen atoms in total. The second-order valence-electron chi connectivity index (χ2n) is 9.24. The predicted molar refractivity (Wildman–Crippen MR) is 122 cm³/mol. The van der Waals surface area contributed by atoms with Crippen molar-refractivity contribution in [3.63, 3.8) is 0 Å². The van der Waals surface area contributed by atoms with Crippen molar-refractivity contribution in [1.29, 1.82) is 0 Å². The molecule has 186 valence electrons. The van der Waals surface area contributed by atoms with Crippen molar-refractivity contribution in [2.45, 2.75) is 44.2 Å². The van der Waals surface area contributed by atoms with Gasteiger partial charge in [-0.25, -0.2) is 4.98 Å².